The number of benzene rings is 1. The molecule has 2 unspecified atom stereocenters. The number of nitrogens with zero attached hydrogens (tertiary/aromatic N) is 3. The average Bonchev–Trinajstić information content (AvgIpc) is 2.85. The van der Waals surface area contributed by atoms with Crippen LogP contribution in [0.25, 0.3) is 0 Å². The van der Waals surface area contributed by atoms with Gasteiger partial charge >= 0.3 is 17.7 Å². The van der Waals surface area contributed by atoms with E-state index in [1.807, 2.05) is 18.7 Å². The molecule has 11 nitrogen and oxygen atoms in total. The molecule has 1 aromatic heterocycles. The fraction of sp³-hybridized carbons (Fsp3) is 0.560. The van der Waals surface area contributed by atoms with Crippen LogP contribution < -0.4 is 14.8 Å². The number of hydrogen-bond donors (Lipinski definition) is 1. The monoisotopic (exact) mass is 550 g/mol. The van der Waals surface area contributed by atoms with E-state index in [4.69, 9.17) is 27.4 Å². The van der Waals surface area contributed by atoms with Crippen molar-refractivity contribution in [2.24, 2.45) is 0 Å². The molecule has 3 fully saturated rings. The molecule has 13 heteroatoms. The van der Waals surface area contributed by atoms with Gasteiger partial charge in [0.1, 0.15) is 23.8 Å². The average molecular weight is 551 g/mol. The molecule has 2 saturated heterocycles. The third-order valence-corrected chi connectivity index (χ3v) is 7.06. The Morgan fingerprint density at radius 1 is 1.21 bits per heavy atom. The van der Waals surface area contributed by atoms with Crippen LogP contribution in [0.3, 0.4) is 0 Å². The van der Waals surface area contributed by atoms with Gasteiger partial charge < -0.3 is 24.3 Å². The van der Waals surface area contributed by atoms with Gasteiger partial charge in [-0.2, -0.15) is 13.4 Å². The third kappa shape index (κ3) is 6.21. The maximum absolute atomic E-state index is 14.4. The first-order valence-corrected chi connectivity index (χ1v) is 13.0. The van der Waals surface area contributed by atoms with Crippen molar-refractivity contribution < 1.29 is 36.6 Å². The zero-order valence-electron chi connectivity index (χ0n) is 21.5. The van der Waals surface area contributed by atoms with Crippen molar-refractivity contribution in [3.8, 4) is 11.6 Å². The van der Waals surface area contributed by atoms with Crippen molar-refractivity contribution in [3.63, 3.8) is 0 Å². The molecule has 206 valence electrons. The molecule has 3 aliphatic rings. The standard InChI is InChI=1S/C25H31FN4O5.O2S/c1-15-5-6-20(19(26)9-15)29-22-21(32-3)23(28-14-27-22)34-18-10-16-12-33-13-17(11-18)30(16)24(31)35-25(2)7-4-8-25;1-3-2/h5-6,9,14,16-18H,4,7-8,10-13H2,1-3H3,(H,27,28,29);. The first kappa shape index (κ1) is 27.7. The highest BCUT2D eigenvalue weighted by atomic mass is 32.1. The van der Waals surface area contributed by atoms with Gasteiger partial charge in [0.15, 0.2) is 5.82 Å². The van der Waals surface area contributed by atoms with Gasteiger partial charge in [-0.1, -0.05) is 6.07 Å². The van der Waals surface area contributed by atoms with Crippen molar-refractivity contribution in [3.05, 3.63) is 35.9 Å². The van der Waals surface area contributed by atoms with Crippen LogP contribution in [0.4, 0.5) is 20.7 Å². The van der Waals surface area contributed by atoms with E-state index in [0.717, 1.165) is 24.8 Å². The van der Waals surface area contributed by atoms with Crippen molar-refractivity contribution in [2.75, 3.05) is 25.6 Å². The minimum Gasteiger partial charge on any atom is -0.489 e. The Bertz CT molecular complexity index is 1180. The summed E-state index contributed by atoms with van der Waals surface area (Å²) in [5.74, 6) is 0.461. The fourth-order valence-corrected chi connectivity index (χ4v) is 5.02. The maximum atomic E-state index is 14.4. The van der Waals surface area contributed by atoms with Crippen LogP contribution >= 0.6 is 0 Å². The lowest BCUT2D eigenvalue weighted by Gasteiger charge is -2.49. The Labute approximate surface area is 223 Å². The smallest absolute Gasteiger partial charge is 0.410 e. The Balaban J connectivity index is 0.00000107. The van der Waals surface area contributed by atoms with Crippen LogP contribution in [-0.2, 0) is 21.0 Å². The van der Waals surface area contributed by atoms with E-state index in [0.29, 0.717) is 31.9 Å². The Morgan fingerprint density at radius 3 is 2.47 bits per heavy atom. The number of rotatable bonds is 6. The highest BCUT2D eigenvalue weighted by Gasteiger charge is 2.46. The summed E-state index contributed by atoms with van der Waals surface area (Å²) in [6.07, 6.45) is 4.92. The molecule has 0 spiro atoms. The van der Waals surface area contributed by atoms with Crippen molar-refractivity contribution in [1.82, 2.24) is 14.9 Å². The first-order chi connectivity index (χ1) is 18.3. The lowest BCUT2D eigenvalue weighted by atomic mass is 9.82. The van der Waals surface area contributed by atoms with Crippen LogP contribution in [0.5, 0.6) is 11.6 Å². The second-order valence-electron chi connectivity index (χ2n) is 9.87. The highest BCUT2D eigenvalue weighted by molar-refractivity contribution is 7.51. The Kier molecular flexibility index (Phi) is 8.77. The number of ether oxygens (including phenoxy) is 4. The first-order valence-electron chi connectivity index (χ1n) is 12.4. The summed E-state index contributed by atoms with van der Waals surface area (Å²) in [5, 5.41) is 2.97. The van der Waals surface area contributed by atoms with Crippen LogP contribution in [-0.4, -0.2) is 73.5 Å². The van der Waals surface area contributed by atoms with E-state index in [9.17, 15) is 9.18 Å². The van der Waals surface area contributed by atoms with Crippen molar-refractivity contribution >= 4 is 29.2 Å². The molecular weight excluding hydrogens is 519 g/mol. The minimum atomic E-state index is -0.750. The molecule has 2 aromatic rings. The van der Waals surface area contributed by atoms with Crippen LogP contribution in [0.1, 0.15) is 44.6 Å². The summed E-state index contributed by atoms with van der Waals surface area (Å²) in [6.45, 7) is 4.68. The molecule has 5 rings (SSSR count). The van der Waals surface area contributed by atoms with Crippen LogP contribution in [0, 0.1) is 12.7 Å². The number of nitrogens with one attached hydrogen (secondary N) is 1. The molecule has 1 amide bonds. The predicted molar refractivity (Wildman–Crippen MR) is 135 cm³/mol. The number of carbonyl (C=O) groups is 1. The maximum Gasteiger partial charge on any atom is 0.410 e. The summed E-state index contributed by atoms with van der Waals surface area (Å²) in [5.41, 5.74) is 0.740. The van der Waals surface area contributed by atoms with Crippen molar-refractivity contribution in [1.29, 1.82) is 0 Å². The van der Waals surface area contributed by atoms with E-state index in [1.54, 1.807) is 12.1 Å². The predicted octanol–water partition coefficient (Wildman–Crippen LogP) is 3.70. The lowest BCUT2D eigenvalue weighted by molar-refractivity contribution is -0.114. The molecule has 1 N–H and O–H groups in total. The quantitative estimate of drug-likeness (QED) is 0.568. The van der Waals surface area contributed by atoms with Gasteiger partial charge in [-0.25, -0.2) is 14.2 Å². The highest BCUT2D eigenvalue weighted by Crippen LogP contribution is 2.39. The van der Waals surface area contributed by atoms with Gasteiger partial charge in [-0.3, -0.25) is 4.90 Å². The van der Waals surface area contributed by atoms with E-state index in [2.05, 4.69) is 15.3 Å². The summed E-state index contributed by atoms with van der Waals surface area (Å²) < 4.78 is 54.3. The summed E-state index contributed by atoms with van der Waals surface area (Å²) in [6, 6.07) is 4.61. The SMILES string of the molecule is COc1c(Nc2ccc(C)cc2F)ncnc1OC1CC2COCC(C1)N2C(=O)OC1(C)CCC1.O=S=O. The molecule has 2 aliphatic heterocycles. The molecule has 38 heavy (non-hydrogen) atoms. The molecule has 1 saturated carbocycles. The minimum absolute atomic E-state index is 0.143. The van der Waals surface area contributed by atoms with Crippen LogP contribution in [0.15, 0.2) is 24.5 Å². The second kappa shape index (κ2) is 12.0. The van der Waals surface area contributed by atoms with Gasteiger partial charge in [-0.15, -0.1) is 0 Å². The molecule has 3 heterocycles. The normalized spacial score (nSPS) is 23.2. The number of carbonyl (C=O) groups excluding carboxylic acids is 1. The molecule has 1 aliphatic carbocycles. The van der Waals surface area contributed by atoms with E-state index < -0.39 is 17.4 Å². The summed E-state index contributed by atoms with van der Waals surface area (Å²) in [4.78, 5) is 23.3. The summed E-state index contributed by atoms with van der Waals surface area (Å²) in [7, 11) is 1.49. The second-order valence-corrected chi connectivity index (χ2v) is 10.0. The largest absolute Gasteiger partial charge is 0.489 e. The number of hydrogen-bond acceptors (Lipinski definition) is 10. The Hall–Kier alpha value is -3.32. The molecule has 2 atom stereocenters. The number of amides is 1. The Morgan fingerprint density at radius 2 is 1.89 bits per heavy atom. The molecule has 0 radical (unpaired) electrons. The zero-order chi connectivity index (χ0) is 27.3. The third-order valence-electron chi connectivity index (χ3n) is 7.06. The number of morpholine rings is 1. The van der Waals surface area contributed by atoms with Gasteiger partial charge in [-0.05, 0) is 50.8 Å². The fourth-order valence-electron chi connectivity index (χ4n) is 5.02. The van der Waals surface area contributed by atoms with E-state index in [1.165, 1.54) is 19.5 Å². The molecule has 2 bridgehead atoms. The van der Waals surface area contributed by atoms with Crippen LogP contribution in [0.2, 0.25) is 0 Å². The number of fused-ring (bicyclic) bond motifs is 2. The number of piperidine rings is 1. The number of aryl methyl sites for hydroxylation is 1. The summed E-state index contributed by atoms with van der Waals surface area (Å²) >= 11 is -0.750. The van der Waals surface area contributed by atoms with Gasteiger partial charge in [0.25, 0.3) is 5.88 Å². The number of anilines is 2. The zero-order valence-corrected chi connectivity index (χ0v) is 22.3. The van der Waals surface area contributed by atoms with E-state index in [-0.39, 0.29) is 47.2 Å². The lowest BCUT2D eigenvalue weighted by Crippen LogP contribution is -2.62. The molecule has 1 aromatic carbocycles. The number of halogens is 1. The van der Waals surface area contributed by atoms with Gasteiger partial charge in [0, 0.05) is 12.8 Å². The number of aromatic nitrogens is 2. The molecular formula is C25H31FN4O7S. The topological polar surface area (TPSA) is 129 Å². The number of methoxy groups -OCH3 is 1. The van der Waals surface area contributed by atoms with Gasteiger partial charge in [0.2, 0.25) is 5.75 Å². The van der Waals surface area contributed by atoms with E-state index >= 15 is 0 Å². The van der Waals surface area contributed by atoms with Crippen molar-refractivity contribution in [2.45, 2.75) is 69.7 Å². The van der Waals surface area contributed by atoms with Gasteiger partial charge in [0.05, 0.1) is 38.1 Å².